The third-order valence-electron chi connectivity index (χ3n) is 1.66. The number of thioether (sulfide) groups is 1. The average Bonchev–Trinajstić information content (AvgIpc) is 2.18. The lowest BCUT2D eigenvalue weighted by Gasteiger charge is -1.98. The number of amides is 1. The summed E-state index contributed by atoms with van der Waals surface area (Å²) >= 11 is 1.45. The molecule has 0 fully saturated rings. The number of hydrogen-bond acceptors (Lipinski definition) is 4. The number of hydrogen-bond donors (Lipinski definition) is 1. The van der Waals surface area contributed by atoms with Crippen LogP contribution in [-0.2, 0) is 4.79 Å². The van der Waals surface area contributed by atoms with Crippen LogP contribution in [0.2, 0.25) is 0 Å². The van der Waals surface area contributed by atoms with Crippen LogP contribution in [0.3, 0.4) is 0 Å². The van der Waals surface area contributed by atoms with Crippen LogP contribution >= 0.6 is 11.8 Å². The molecule has 0 bridgehead atoms. The topological polar surface area (TPSA) is 86.2 Å². The molecule has 0 heterocycles. The molecule has 6 heteroatoms. The average molecular weight is 226 g/mol. The lowest BCUT2D eigenvalue weighted by molar-refractivity contribution is -0.384. The zero-order chi connectivity index (χ0) is 11.3. The zero-order valence-corrected chi connectivity index (χ0v) is 8.70. The van der Waals surface area contributed by atoms with Gasteiger partial charge in [0.15, 0.2) is 0 Å². The van der Waals surface area contributed by atoms with E-state index in [1.807, 2.05) is 0 Å². The Morgan fingerprint density at radius 2 is 2.00 bits per heavy atom. The van der Waals surface area contributed by atoms with Gasteiger partial charge in [-0.2, -0.15) is 0 Å². The lowest BCUT2D eigenvalue weighted by atomic mass is 10.3. The Morgan fingerprint density at radius 1 is 1.40 bits per heavy atom. The highest BCUT2D eigenvalue weighted by atomic mass is 32.2. The Labute approximate surface area is 90.8 Å². The fourth-order valence-corrected chi connectivity index (χ4v) is 1.80. The lowest BCUT2D eigenvalue weighted by Crippen LogP contribution is -2.10. The van der Waals surface area contributed by atoms with Crippen molar-refractivity contribution in [3.8, 4) is 0 Å². The fraction of sp³-hybridized carbons (Fsp3) is 0.222. The van der Waals surface area contributed by atoms with Crippen LogP contribution in [-0.4, -0.2) is 16.6 Å². The first kappa shape index (κ1) is 11.5. The Kier molecular flexibility index (Phi) is 4.11. The molecule has 0 aliphatic heterocycles. The summed E-state index contributed by atoms with van der Waals surface area (Å²) in [6, 6.07) is 6.19. The van der Waals surface area contributed by atoms with Crippen LogP contribution in [0.4, 0.5) is 5.69 Å². The molecule has 2 N–H and O–H groups in total. The molecule has 1 rings (SSSR count). The van der Waals surface area contributed by atoms with Crippen molar-refractivity contribution in [2.45, 2.75) is 11.3 Å². The van der Waals surface area contributed by atoms with Gasteiger partial charge in [-0.15, -0.1) is 11.8 Å². The normalized spacial score (nSPS) is 9.87. The third kappa shape index (κ3) is 3.99. The molecule has 1 aromatic carbocycles. The Bertz CT molecular complexity index is 364. The number of rotatable bonds is 5. The maximum absolute atomic E-state index is 10.5. The Balaban J connectivity index is 2.50. The smallest absolute Gasteiger partial charge is 0.269 e. The Hall–Kier alpha value is -1.56. The van der Waals surface area contributed by atoms with E-state index in [0.29, 0.717) is 12.2 Å². The van der Waals surface area contributed by atoms with Crippen molar-refractivity contribution in [3.63, 3.8) is 0 Å². The van der Waals surface area contributed by atoms with E-state index in [9.17, 15) is 14.9 Å². The number of carbonyl (C=O) groups is 1. The molecule has 0 aliphatic carbocycles. The quantitative estimate of drug-likeness (QED) is 0.469. The monoisotopic (exact) mass is 226 g/mol. The maximum atomic E-state index is 10.5. The number of primary amides is 1. The first-order chi connectivity index (χ1) is 7.09. The highest BCUT2D eigenvalue weighted by Crippen LogP contribution is 2.21. The SMILES string of the molecule is NC(=O)CCSc1ccc([N+](=O)[O-])cc1. The van der Waals surface area contributed by atoms with Crippen molar-refractivity contribution >= 4 is 23.4 Å². The number of benzene rings is 1. The minimum Gasteiger partial charge on any atom is -0.370 e. The second-order valence-electron chi connectivity index (χ2n) is 2.82. The van der Waals surface area contributed by atoms with E-state index in [0.717, 1.165) is 4.90 Å². The largest absolute Gasteiger partial charge is 0.370 e. The number of non-ortho nitro benzene ring substituents is 1. The highest BCUT2D eigenvalue weighted by molar-refractivity contribution is 7.99. The van der Waals surface area contributed by atoms with Gasteiger partial charge in [0, 0.05) is 29.2 Å². The minimum absolute atomic E-state index is 0.0641. The van der Waals surface area contributed by atoms with Crippen LogP contribution in [0.25, 0.3) is 0 Å². The minimum atomic E-state index is -0.447. The first-order valence-corrected chi connectivity index (χ1v) is 5.23. The van der Waals surface area contributed by atoms with E-state index < -0.39 is 4.92 Å². The molecule has 15 heavy (non-hydrogen) atoms. The summed E-state index contributed by atoms with van der Waals surface area (Å²) in [7, 11) is 0. The van der Waals surface area contributed by atoms with Crippen molar-refractivity contribution in [2.75, 3.05) is 5.75 Å². The van der Waals surface area contributed by atoms with Crippen molar-refractivity contribution in [3.05, 3.63) is 34.4 Å². The van der Waals surface area contributed by atoms with Crippen LogP contribution < -0.4 is 5.73 Å². The van der Waals surface area contributed by atoms with Gasteiger partial charge < -0.3 is 5.73 Å². The molecular weight excluding hydrogens is 216 g/mol. The molecular formula is C9H10N2O3S. The first-order valence-electron chi connectivity index (χ1n) is 4.25. The third-order valence-corrected chi connectivity index (χ3v) is 2.68. The summed E-state index contributed by atoms with van der Waals surface area (Å²) in [6.07, 6.45) is 0.307. The summed E-state index contributed by atoms with van der Waals surface area (Å²) in [5.74, 6) is 0.247. The van der Waals surface area contributed by atoms with Gasteiger partial charge in [0.25, 0.3) is 5.69 Å². The molecule has 5 nitrogen and oxygen atoms in total. The second-order valence-corrected chi connectivity index (χ2v) is 3.98. The van der Waals surface area contributed by atoms with E-state index in [-0.39, 0.29) is 11.6 Å². The number of nitro groups is 1. The van der Waals surface area contributed by atoms with Crippen LogP contribution in [0.15, 0.2) is 29.2 Å². The van der Waals surface area contributed by atoms with Gasteiger partial charge in [-0.05, 0) is 12.1 Å². The molecule has 0 saturated heterocycles. The van der Waals surface area contributed by atoms with Crippen LogP contribution in [0.1, 0.15) is 6.42 Å². The van der Waals surface area contributed by atoms with Crippen molar-refractivity contribution < 1.29 is 9.72 Å². The fourth-order valence-electron chi connectivity index (χ4n) is 0.934. The van der Waals surface area contributed by atoms with E-state index in [1.165, 1.54) is 23.9 Å². The number of nitrogens with two attached hydrogens (primary N) is 1. The number of nitro benzene ring substituents is 1. The molecule has 0 unspecified atom stereocenters. The standard InChI is InChI=1S/C9H10N2O3S/c10-9(12)5-6-15-8-3-1-7(2-4-8)11(13)14/h1-4H,5-6H2,(H2,10,12). The van der Waals surface area contributed by atoms with Gasteiger partial charge in [-0.1, -0.05) is 0 Å². The van der Waals surface area contributed by atoms with E-state index in [2.05, 4.69) is 0 Å². The second kappa shape index (κ2) is 5.35. The summed E-state index contributed by atoms with van der Waals surface area (Å²) in [4.78, 5) is 21.2. The predicted molar refractivity (Wildman–Crippen MR) is 57.6 cm³/mol. The van der Waals surface area contributed by atoms with Gasteiger partial charge in [0.05, 0.1) is 4.92 Å². The van der Waals surface area contributed by atoms with Gasteiger partial charge in [0.1, 0.15) is 0 Å². The molecule has 0 aromatic heterocycles. The maximum Gasteiger partial charge on any atom is 0.269 e. The van der Waals surface area contributed by atoms with Crippen LogP contribution in [0, 0.1) is 10.1 Å². The number of carbonyl (C=O) groups excluding carboxylic acids is 1. The van der Waals surface area contributed by atoms with Crippen molar-refractivity contribution in [2.24, 2.45) is 5.73 Å². The molecule has 0 radical (unpaired) electrons. The van der Waals surface area contributed by atoms with Gasteiger partial charge in [0.2, 0.25) is 5.91 Å². The van der Waals surface area contributed by atoms with Gasteiger partial charge in [-0.25, -0.2) is 0 Å². The Morgan fingerprint density at radius 3 is 2.47 bits per heavy atom. The predicted octanol–water partition coefficient (Wildman–Crippen LogP) is 1.56. The van der Waals surface area contributed by atoms with Gasteiger partial charge in [-0.3, -0.25) is 14.9 Å². The summed E-state index contributed by atoms with van der Waals surface area (Å²) < 4.78 is 0. The summed E-state index contributed by atoms with van der Waals surface area (Å²) in [5.41, 5.74) is 5.04. The van der Waals surface area contributed by atoms with Crippen molar-refractivity contribution in [1.29, 1.82) is 0 Å². The molecule has 0 atom stereocenters. The summed E-state index contributed by atoms with van der Waals surface area (Å²) in [5, 5.41) is 10.4. The molecule has 0 saturated carbocycles. The molecule has 1 amide bonds. The van der Waals surface area contributed by atoms with E-state index >= 15 is 0 Å². The molecule has 0 spiro atoms. The summed E-state index contributed by atoms with van der Waals surface area (Å²) in [6.45, 7) is 0. The van der Waals surface area contributed by atoms with E-state index in [1.54, 1.807) is 12.1 Å². The molecule has 80 valence electrons. The van der Waals surface area contributed by atoms with Crippen LogP contribution in [0.5, 0.6) is 0 Å². The van der Waals surface area contributed by atoms with E-state index in [4.69, 9.17) is 5.73 Å². The molecule has 1 aromatic rings. The zero-order valence-electron chi connectivity index (χ0n) is 7.88. The van der Waals surface area contributed by atoms with Crippen molar-refractivity contribution in [1.82, 2.24) is 0 Å². The number of nitrogens with zero attached hydrogens (tertiary/aromatic N) is 1. The molecule has 0 aliphatic rings. The highest BCUT2D eigenvalue weighted by Gasteiger charge is 2.04. The van der Waals surface area contributed by atoms with Gasteiger partial charge >= 0.3 is 0 Å².